The van der Waals surface area contributed by atoms with E-state index in [2.05, 4.69) is 67.6 Å². The lowest BCUT2D eigenvalue weighted by Crippen LogP contribution is -2.26. The van der Waals surface area contributed by atoms with Crippen molar-refractivity contribution in [1.82, 2.24) is 0 Å². The van der Waals surface area contributed by atoms with Gasteiger partial charge >= 0.3 is 0 Å². The monoisotopic (exact) mass is 278 g/mol. The van der Waals surface area contributed by atoms with E-state index in [1.807, 2.05) is 0 Å². The van der Waals surface area contributed by atoms with Crippen LogP contribution in [0.5, 0.6) is 0 Å². The van der Waals surface area contributed by atoms with Gasteiger partial charge in [-0.3, -0.25) is 0 Å². The fourth-order valence-electron chi connectivity index (χ4n) is 3.56. The molecule has 0 N–H and O–H groups in total. The van der Waals surface area contributed by atoms with E-state index >= 15 is 0 Å². The summed E-state index contributed by atoms with van der Waals surface area (Å²) in [6.45, 7) is 2.51. The van der Waals surface area contributed by atoms with E-state index in [-0.39, 0.29) is 0 Å². The zero-order valence-corrected chi connectivity index (χ0v) is 13.2. The molecule has 0 heterocycles. The van der Waals surface area contributed by atoms with Crippen LogP contribution in [0.15, 0.2) is 60.7 Å². The highest BCUT2D eigenvalue weighted by atomic mass is 28.2. The molecule has 2 aromatic carbocycles. The molecule has 1 fully saturated rings. The van der Waals surface area contributed by atoms with E-state index in [0.29, 0.717) is 5.41 Å². The van der Waals surface area contributed by atoms with Gasteiger partial charge in [-0.05, 0) is 29.7 Å². The Morgan fingerprint density at radius 2 is 1.65 bits per heavy atom. The summed E-state index contributed by atoms with van der Waals surface area (Å²) in [6, 6.07) is 23.4. The van der Waals surface area contributed by atoms with Crippen molar-refractivity contribution in [3.63, 3.8) is 0 Å². The first-order chi connectivity index (χ1) is 9.78. The van der Waals surface area contributed by atoms with E-state index in [1.54, 1.807) is 5.56 Å². The third-order valence-electron chi connectivity index (χ3n) is 4.75. The lowest BCUT2D eigenvalue weighted by Gasteiger charge is -2.32. The maximum Gasteiger partial charge on any atom is 0.0813 e. The van der Waals surface area contributed by atoms with Crippen molar-refractivity contribution in [3.8, 4) is 0 Å². The van der Waals surface area contributed by atoms with Crippen molar-refractivity contribution >= 4 is 14.7 Å². The molecule has 0 aromatic heterocycles. The Balaban J connectivity index is 1.73. The third-order valence-corrected chi connectivity index (χ3v) is 6.48. The minimum absolute atomic E-state index is 0.482. The third kappa shape index (κ3) is 2.88. The molecule has 0 amide bonds. The molecule has 0 aliphatic heterocycles. The molecule has 0 bridgehead atoms. The second-order valence-electron chi connectivity index (χ2n) is 6.23. The van der Waals surface area contributed by atoms with Crippen LogP contribution in [0.2, 0.25) is 6.04 Å². The fourth-order valence-corrected chi connectivity index (χ4v) is 5.02. The Bertz CT molecular complexity index is 534. The van der Waals surface area contributed by atoms with E-state index in [1.165, 1.54) is 30.5 Å². The molecule has 2 radical (unpaired) electrons. The Morgan fingerprint density at radius 1 is 1.00 bits per heavy atom. The normalized spacial score (nSPS) is 25.8. The van der Waals surface area contributed by atoms with Gasteiger partial charge in [-0.2, -0.15) is 0 Å². The molecule has 0 saturated heterocycles. The van der Waals surface area contributed by atoms with Gasteiger partial charge in [0.15, 0.2) is 0 Å². The highest BCUT2D eigenvalue weighted by Crippen LogP contribution is 2.51. The molecule has 1 aliphatic carbocycles. The average molecular weight is 278 g/mol. The van der Waals surface area contributed by atoms with E-state index < -0.39 is 0 Å². The maximum atomic E-state index is 2.51. The van der Waals surface area contributed by atoms with E-state index in [9.17, 15) is 0 Å². The van der Waals surface area contributed by atoms with Crippen LogP contribution in [0, 0.1) is 5.41 Å². The summed E-state index contributed by atoms with van der Waals surface area (Å²) in [6.07, 6.45) is 4.13. The first kappa shape index (κ1) is 13.6. The minimum atomic E-state index is 0.482. The highest BCUT2D eigenvalue weighted by Gasteiger charge is 2.38. The first-order valence-corrected chi connectivity index (χ1v) is 8.82. The van der Waals surface area contributed by atoms with Gasteiger partial charge in [0, 0.05) is 0 Å². The van der Waals surface area contributed by atoms with Gasteiger partial charge in [-0.15, -0.1) is 0 Å². The molecule has 102 valence electrons. The van der Waals surface area contributed by atoms with Crippen molar-refractivity contribution in [2.75, 3.05) is 0 Å². The standard InChI is InChI=1S/C19H22Si/c1-19(15-20-17-11-6-3-7-12-17)14-8-13-18(19)16-9-4-2-5-10-16/h2-7,9-12,18H,8,13-15H2,1H3/t18-,19-/m1/s1. The molecule has 2 atom stereocenters. The van der Waals surface area contributed by atoms with Crippen LogP contribution in [0.25, 0.3) is 0 Å². The number of rotatable bonds is 4. The first-order valence-electron chi connectivity index (χ1n) is 7.62. The SMILES string of the molecule is C[C@]1(C[Si]c2ccccc2)CCC[C@@H]1c1ccccc1. The van der Waals surface area contributed by atoms with Crippen LogP contribution in [0.4, 0.5) is 0 Å². The molecule has 1 aliphatic rings. The van der Waals surface area contributed by atoms with E-state index in [0.717, 1.165) is 15.4 Å². The lowest BCUT2D eigenvalue weighted by molar-refractivity contribution is 0.332. The molecule has 0 unspecified atom stereocenters. The molecule has 2 aromatic rings. The second kappa shape index (κ2) is 5.97. The van der Waals surface area contributed by atoms with Crippen LogP contribution >= 0.6 is 0 Å². The molecule has 3 rings (SSSR count). The maximum absolute atomic E-state index is 2.51. The Labute approximate surface area is 125 Å². The van der Waals surface area contributed by atoms with Crippen molar-refractivity contribution < 1.29 is 0 Å². The average Bonchev–Trinajstić information content (AvgIpc) is 2.90. The van der Waals surface area contributed by atoms with Gasteiger partial charge in [0.1, 0.15) is 0 Å². The zero-order valence-electron chi connectivity index (χ0n) is 12.2. The van der Waals surface area contributed by atoms with Crippen LogP contribution in [0.3, 0.4) is 0 Å². The summed E-state index contributed by atoms with van der Waals surface area (Å²) in [4.78, 5) is 0. The molecule has 1 heteroatoms. The van der Waals surface area contributed by atoms with Gasteiger partial charge < -0.3 is 0 Å². The lowest BCUT2D eigenvalue weighted by atomic mass is 9.77. The summed E-state index contributed by atoms with van der Waals surface area (Å²) >= 11 is 0. The van der Waals surface area contributed by atoms with Crippen molar-refractivity contribution in [2.24, 2.45) is 5.41 Å². The van der Waals surface area contributed by atoms with Gasteiger partial charge in [0.25, 0.3) is 0 Å². The molecule has 0 nitrogen and oxygen atoms in total. The summed E-state index contributed by atoms with van der Waals surface area (Å²) in [5.74, 6) is 0.750. The van der Waals surface area contributed by atoms with Gasteiger partial charge in [0.05, 0.1) is 9.52 Å². The predicted octanol–water partition coefficient (Wildman–Crippen LogP) is 4.41. The fraction of sp³-hybridized carbons (Fsp3) is 0.368. The smallest absolute Gasteiger partial charge is 0.0642 e. The van der Waals surface area contributed by atoms with Crippen LogP contribution in [-0.2, 0) is 0 Å². The van der Waals surface area contributed by atoms with Crippen molar-refractivity contribution in [2.45, 2.75) is 38.1 Å². The number of hydrogen-bond donors (Lipinski definition) is 0. The quantitative estimate of drug-likeness (QED) is 0.727. The molecule has 0 spiro atoms. The van der Waals surface area contributed by atoms with Crippen LogP contribution in [-0.4, -0.2) is 9.52 Å². The highest BCUT2D eigenvalue weighted by molar-refractivity contribution is 6.53. The van der Waals surface area contributed by atoms with E-state index in [4.69, 9.17) is 0 Å². The molecular formula is C19H22Si. The molecule has 1 saturated carbocycles. The van der Waals surface area contributed by atoms with Crippen molar-refractivity contribution in [1.29, 1.82) is 0 Å². The number of hydrogen-bond acceptors (Lipinski definition) is 0. The zero-order chi connectivity index (χ0) is 13.8. The van der Waals surface area contributed by atoms with Gasteiger partial charge in [-0.25, -0.2) is 0 Å². The second-order valence-corrected chi connectivity index (χ2v) is 7.51. The summed E-state index contributed by atoms with van der Waals surface area (Å²) in [5, 5.41) is 1.51. The van der Waals surface area contributed by atoms with Gasteiger partial charge in [0.2, 0.25) is 0 Å². The van der Waals surface area contributed by atoms with Gasteiger partial charge in [-0.1, -0.05) is 85.2 Å². The summed E-state index contributed by atoms with van der Waals surface area (Å²) < 4.78 is 0. The molecular weight excluding hydrogens is 256 g/mol. The largest absolute Gasteiger partial charge is 0.0813 e. The van der Waals surface area contributed by atoms with Crippen LogP contribution in [0.1, 0.15) is 37.7 Å². The topological polar surface area (TPSA) is 0 Å². The van der Waals surface area contributed by atoms with Crippen molar-refractivity contribution in [3.05, 3.63) is 66.2 Å². The predicted molar refractivity (Wildman–Crippen MR) is 87.8 cm³/mol. The number of benzene rings is 2. The Hall–Kier alpha value is -1.34. The van der Waals surface area contributed by atoms with Crippen LogP contribution < -0.4 is 5.19 Å². The summed E-state index contributed by atoms with van der Waals surface area (Å²) in [5.41, 5.74) is 2.03. The summed E-state index contributed by atoms with van der Waals surface area (Å²) in [7, 11) is 0.940. The minimum Gasteiger partial charge on any atom is -0.0642 e. The molecule has 20 heavy (non-hydrogen) atoms. The Morgan fingerprint density at radius 3 is 2.35 bits per heavy atom. The Kier molecular flexibility index (Phi) is 4.07.